The molecule has 0 saturated carbocycles. The predicted molar refractivity (Wildman–Crippen MR) is 134 cm³/mol. The first kappa shape index (κ1) is 23.3. The maximum absolute atomic E-state index is 13.9. The van der Waals surface area contributed by atoms with Gasteiger partial charge in [-0.05, 0) is 82.8 Å². The van der Waals surface area contributed by atoms with Gasteiger partial charge in [0.1, 0.15) is 22.7 Å². The third-order valence-corrected chi connectivity index (χ3v) is 5.77. The van der Waals surface area contributed by atoms with E-state index in [0.29, 0.717) is 41.8 Å². The van der Waals surface area contributed by atoms with Crippen molar-refractivity contribution in [3.8, 4) is 5.75 Å². The highest BCUT2D eigenvalue weighted by atomic mass is 19.1. The van der Waals surface area contributed by atoms with Gasteiger partial charge in [-0.2, -0.15) is 0 Å². The van der Waals surface area contributed by atoms with Crippen LogP contribution in [0, 0.1) is 5.82 Å². The molecule has 0 fully saturated rings. The fourth-order valence-corrected chi connectivity index (χ4v) is 4.05. The number of unbranched alkanes of at least 4 members (excludes halogenated alkanes) is 3. The molecule has 6 nitrogen and oxygen atoms in total. The molecule has 0 saturated heterocycles. The van der Waals surface area contributed by atoms with Gasteiger partial charge in [0.15, 0.2) is 5.58 Å². The number of hydrogen-bond acceptors (Lipinski definition) is 6. The van der Waals surface area contributed by atoms with Crippen molar-refractivity contribution in [3.63, 3.8) is 0 Å². The number of nitrogens with zero attached hydrogens (tertiary/aromatic N) is 2. The monoisotopic (exact) mass is 452 g/mol. The number of anilines is 1. The smallest absolute Gasteiger partial charge is 0.177 e. The molecular formula is C26H33FN4O2. The first-order valence-corrected chi connectivity index (χ1v) is 11.7. The molecule has 2 heterocycles. The minimum Gasteiger partial charge on any atom is -0.494 e. The maximum Gasteiger partial charge on any atom is 0.177 e. The Bertz CT molecular complexity index is 1220. The van der Waals surface area contributed by atoms with Crippen molar-refractivity contribution in [2.75, 3.05) is 45.7 Å². The van der Waals surface area contributed by atoms with Crippen molar-refractivity contribution in [3.05, 3.63) is 42.2 Å². The number of aromatic nitrogens is 1. The number of hydrogen-bond donors (Lipinski definition) is 2. The average Bonchev–Trinajstić information content (AvgIpc) is 3.15. The molecule has 0 aliphatic carbocycles. The van der Waals surface area contributed by atoms with Crippen LogP contribution in [0.5, 0.6) is 5.75 Å². The molecule has 3 N–H and O–H groups in total. The molecule has 0 bridgehead atoms. The molecule has 176 valence electrons. The molecule has 4 rings (SSSR count). The van der Waals surface area contributed by atoms with Crippen LogP contribution in [0.2, 0.25) is 0 Å². The summed E-state index contributed by atoms with van der Waals surface area (Å²) in [6.45, 7) is 3.10. The molecular weight excluding hydrogens is 419 g/mol. The van der Waals surface area contributed by atoms with Gasteiger partial charge in [-0.15, -0.1) is 0 Å². The molecule has 7 heteroatoms. The number of furan rings is 1. The largest absolute Gasteiger partial charge is 0.494 e. The summed E-state index contributed by atoms with van der Waals surface area (Å²) in [6, 6.07) is 10.4. The molecule has 0 radical (unpaired) electrons. The summed E-state index contributed by atoms with van der Waals surface area (Å²) in [5.74, 6) is 0.496. The number of benzene rings is 2. The minimum atomic E-state index is -0.310. The third kappa shape index (κ3) is 5.54. The highest BCUT2D eigenvalue weighted by Gasteiger charge is 2.17. The fraction of sp³-hybridized carbons (Fsp3) is 0.423. The molecule has 0 atom stereocenters. The Kier molecular flexibility index (Phi) is 7.62. The number of nitrogens with two attached hydrogens (primary N) is 1. The molecule has 33 heavy (non-hydrogen) atoms. The number of nitrogens with one attached hydrogen (secondary N) is 1. The van der Waals surface area contributed by atoms with Crippen LogP contribution in [0.25, 0.3) is 33.0 Å². The Morgan fingerprint density at radius 3 is 2.70 bits per heavy atom. The zero-order chi connectivity index (χ0) is 23.2. The summed E-state index contributed by atoms with van der Waals surface area (Å²) in [4.78, 5) is 7.01. The minimum absolute atomic E-state index is 0.310. The van der Waals surface area contributed by atoms with E-state index < -0.39 is 0 Å². The Morgan fingerprint density at radius 1 is 1.03 bits per heavy atom. The van der Waals surface area contributed by atoms with Crippen LogP contribution in [0.4, 0.5) is 10.1 Å². The summed E-state index contributed by atoms with van der Waals surface area (Å²) in [6.07, 6.45) is 5.43. The molecule has 4 aromatic rings. The topological polar surface area (TPSA) is 76.5 Å². The number of rotatable bonds is 12. The van der Waals surface area contributed by atoms with Gasteiger partial charge in [0.2, 0.25) is 0 Å². The predicted octanol–water partition coefficient (Wildman–Crippen LogP) is 5.53. The summed E-state index contributed by atoms with van der Waals surface area (Å²) in [5, 5.41) is 5.06. The Morgan fingerprint density at radius 2 is 1.88 bits per heavy atom. The van der Waals surface area contributed by atoms with E-state index in [9.17, 15) is 4.39 Å². The van der Waals surface area contributed by atoms with E-state index in [2.05, 4.69) is 24.3 Å². The van der Waals surface area contributed by atoms with Crippen LogP contribution in [-0.4, -0.2) is 50.2 Å². The highest BCUT2D eigenvalue weighted by Crippen LogP contribution is 2.38. The molecule has 0 unspecified atom stereocenters. The lowest BCUT2D eigenvalue weighted by Gasteiger charge is -2.12. The molecule has 0 spiro atoms. The summed E-state index contributed by atoms with van der Waals surface area (Å²) in [7, 11) is 4.21. The quantitative estimate of drug-likeness (QED) is 0.275. The van der Waals surface area contributed by atoms with Gasteiger partial charge >= 0.3 is 0 Å². The van der Waals surface area contributed by atoms with Gasteiger partial charge in [-0.25, -0.2) is 9.37 Å². The van der Waals surface area contributed by atoms with E-state index in [1.165, 1.54) is 25.0 Å². The van der Waals surface area contributed by atoms with E-state index in [0.717, 1.165) is 48.1 Å². The van der Waals surface area contributed by atoms with E-state index in [1.807, 2.05) is 18.2 Å². The third-order valence-electron chi connectivity index (χ3n) is 5.77. The van der Waals surface area contributed by atoms with E-state index in [1.54, 1.807) is 6.07 Å². The summed E-state index contributed by atoms with van der Waals surface area (Å²) < 4.78 is 26.0. The molecule has 0 aliphatic rings. The highest BCUT2D eigenvalue weighted by molar-refractivity contribution is 6.14. The zero-order valence-corrected chi connectivity index (χ0v) is 19.5. The lowest BCUT2D eigenvalue weighted by Crippen LogP contribution is -2.12. The van der Waals surface area contributed by atoms with Crippen LogP contribution in [0.1, 0.15) is 32.1 Å². The van der Waals surface area contributed by atoms with E-state index in [4.69, 9.17) is 19.9 Å². The van der Waals surface area contributed by atoms with Crippen molar-refractivity contribution in [1.29, 1.82) is 0 Å². The Labute approximate surface area is 193 Å². The zero-order valence-electron chi connectivity index (χ0n) is 19.5. The summed E-state index contributed by atoms with van der Waals surface area (Å²) >= 11 is 0. The first-order chi connectivity index (χ1) is 16.1. The van der Waals surface area contributed by atoms with Crippen LogP contribution in [-0.2, 0) is 0 Å². The number of fused-ring (bicyclic) bond motifs is 4. The second-order valence-corrected chi connectivity index (χ2v) is 8.72. The maximum atomic E-state index is 13.9. The first-order valence-electron chi connectivity index (χ1n) is 11.7. The molecule has 0 amide bonds. The lowest BCUT2D eigenvalue weighted by atomic mass is 10.1. The number of halogens is 1. The standard InChI is InChI=1S/C26H33FN4O2/c1-31(2)14-5-3-4-6-15-32-19-9-10-22-20(17-19)24(29-13-7-12-28)26-25(30-22)21-16-18(27)8-11-23(21)33-26/h8-11,16-17H,3-7,12-15,28H2,1-2H3,(H,29,30). The lowest BCUT2D eigenvalue weighted by molar-refractivity contribution is 0.302. The van der Waals surface area contributed by atoms with Crippen LogP contribution >= 0.6 is 0 Å². The van der Waals surface area contributed by atoms with Crippen molar-refractivity contribution in [2.45, 2.75) is 32.1 Å². The van der Waals surface area contributed by atoms with Gasteiger partial charge in [0.25, 0.3) is 0 Å². The van der Waals surface area contributed by atoms with E-state index >= 15 is 0 Å². The van der Waals surface area contributed by atoms with Crippen LogP contribution in [0.3, 0.4) is 0 Å². The Hall–Kier alpha value is -2.90. The second-order valence-electron chi connectivity index (χ2n) is 8.72. The average molecular weight is 453 g/mol. The van der Waals surface area contributed by atoms with Crippen molar-refractivity contribution < 1.29 is 13.5 Å². The fourth-order valence-electron chi connectivity index (χ4n) is 4.05. The van der Waals surface area contributed by atoms with Crippen molar-refractivity contribution in [2.24, 2.45) is 5.73 Å². The van der Waals surface area contributed by atoms with Gasteiger partial charge in [0, 0.05) is 17.3 Å². The molecule has 2 aromatic carbocycles. The SMILES string of the molecule is CN(C)CCCCCCOc1ccc2nc3c(oc4ccc(F)cc43)c(NCCCN)c2c1. The molecule has 2 aromatic heterocycles. The second kappa shape index (κ2) is 10.8. The Balaban J connectivity index is 1.58. The molecule has 0 aliphatic heterocycles. The van der Waals surface area contributed by atoms with Crippen LogP contribution in [0.15, 0.2) is 40.8 Å². The summed E-state index contributed by atoms with van der Waals surface area (Å²) in [5.41, 5.74) is 9.23. The van der Waals surface area contributed by atoms with Crippen molar-refractivity contribution in [1.82, 2.24) is 9.88 Å². The van der Waals surface area contributed by atoms with Gasteiger partial charge in [-0.3, -0.25) is 0 Å². The normalized spacial score (nSPS) is 11.8. The van der Waals surface area contributed by atoms with Gasteiger partial charge < -0.3 is 25.1 Å². The van der Waals surface area contributed by atoms with Crippen molar-refractivity contribution >= 4 is 38.7 Å². The van der Waals surface area contributed by atoms with Crippen LogP contribution < -0.4 is 15.8 Å². The number of pyridine rings is 1. The van der Waals surface area contributed by atoms with Gasteiger partial charge in [0.05, 0.1) is 17.8 Å². The van der Waals surface area contributed by atoms with E-state index in [-0.39, 0.29) is 5.82 Å². The number of ether oxygens (including phenoxy) is 1. The van der Waals surface area contributed by atoms with Gasteiger partial charge in [-0.1, -0.05) is 12.8 Å².